The fourth-order valence-corrected chi connectivity index (χ4v) is 3.22. The van der Waals surface area contributed by atoms with E-state index in [2.05, 4.69) is 17.2 Å². The molecule has 5 nitrogen and oxygen atoms in total. The van der Waals surface area contributed by atoms with E-state index in [0.717, 1.165) is 17.1 Å². The minimum Gasteiger partial charge on any atom is -0.393 e. The predicted octanol–water partition coefficient (Wildman–Crippen LogP) is 2.40. The second-order valence-corrected chi connectivity index (χ2v) is 7.18. The number of imidazole rings is 1. The summed E-state index contributed by atoms with van der Waals surface area (Å²) in [6.07, 6.45) is 4.44. The van der Waals surface area contributed by atoms with E-state index in [9.17, 15) is 9.90 Å². The molecule has 0 aliphatic heterocycles. The number of hydrogen-bond acceptors (Lipinski definition) is 4. The summed E-state index contributed by atoms with van der Waals surface area (Å²) in [6.45, 7) is 6.46. The summed E-state index contributed by atoms with van der Waals surface area (Å²) in [5, 5.41) is 12.2. The Morgan fingerprint density at radius 1 is 1.39 bits per heavy atom. The van der Waals surface area contributed by atoms with E-state index in [4.69, 9.17) is 0 Å². The van der Waals surface area contributed by atoms with Crippen molar-refractivity contribution in [2.24, 2.45) is 5.92 Å². The van der Waals surface area contributed by atoms with Crippen molar-refractivity contribution >= 4 is 23.3 Å². The Hall–Kier alpha value is -1.53. The number of aryl methyl sites for hydroxylation is 1. The summed E-state index contributed by atoms with van der Waals surface area (Å²) in [7, 11) is 0. The summed E-state index contributed by atoms with van der Waals surface area (Å²) in [4.78, 5) is 16.4. The van der Waals surface area contributed by atoms with Crippen LogP contribution in [0, 0.1) is 12.8 Å². The molecule has 0 saturated heterocycles. The van der Waals surface area contributed by atoms with Crippen molar-refractivity contribution in [1.29, 1.82) is 0 Å². The van der Waals surface area contributed by atoms with Gasteiger partial charge in [0.2, 0.25) is 5.91 Å². The first-order valence-corrected chi connectivity index (χ1v) is 9.06. The smallest absolute Gasteiger partial charge is 0.230 e. The molecule has 0 radical (unpaired) electrons. The van der Waals surface area contributed by atoms with Crippen molar-refractivity contribution < 1.29 is 9.90 Å². The fourth-order valence-electron chi connectivity index (χ4n) is 2.48. The molecule has 2 aromatic rings. The SMILES string of the molecule is Cc1ccc2nc(CSCC(=O)NCC(C)CC(C)O)cn2c1. The number of carbonyl (C=O) groups is 1. The first kappa shape index (κ1) is 17.8. The van der Waals surface area contributed by atoms with E-state index in [-0.39, 0.29) is 17.9 Å². The average molecular weight is 335 g/mol. The molecule has 0 saturated carbocycles. The molecular weight excluding hydrogens is 310 g/mol. The highest BCUT2D eigenvalue weighted by Crippen LogP contribution is 2.13. The first-order valence-electron chi connectivity index (χ1n) is 7.91. The number of aliphatic hydroxyl groups is 1. The molecule has 0 aromatic carbocycles. The molecule has 2 N–H and O–H groups in total. The quantitative estimate of drug-likeness (QED) is 0.777. The zero-order valence-corrected chi connectivity index (χ0v) is 14.8. The number of aliphatic hydroxyl groups excluding tert-OH is 1. The highest BCUT2D eigenvalue weighted by Gasteiger charge is 2.09. The molecule has 1 amide bonds. The van der Waals surface area contributed by atoms with Crippen LogP contribution in [0.3, 0.4) is 0 Å². The van der Waals surface area contributed by atoms with Gasteiger partial charge in [0.05, 0.1) is 17.6 Å². The Morgan fingerprint density at radius 2 is 2.17 bits per heavy atom. The summed E-state index contributed by atoms with van der Waals surface area (Å²) in [5.74, 6) is 1.46. The molecule has 2 rings (SSSR count). The van der Waals surface area contributed by atoms with Crippen molar-refractivity contribution in [3.63, 3.8) is 0 Å². The number of aromatic nitrogens is 2. The number of nitrogens with zero attached hydrogens (tertiary/aromatic N) is 2. The van der Waals surface area contributed by atoms with E-state index in [1.165, 1.54) is 5.56 Å². The van der Waals surface area contributed by atoms with Crippen LogP contribution in [0.15, 0.2) is 24.5 Å². The van der Waals surface area contributed by atoms with Crippen molar-refractivity contribution in [3.05, 3.63) is 35.8 Å². The zero-order chi connectivity index (χ0) is 16.8. The van der Waals surface area contributed by atoms with E-state index in [1.54, 1.807) is 18.7 Å². The molecule has 0 aliphatic rings. The van der Waals surface area contributed by atoms with Crippen LogP contribution in [-0.2, 0) is 10.5 Å². The molecule has 2 unspecified atom stereocenters. The van der Waals surface area contributed by atoms with Crippen molar-refractivity contribution in [2.45, 2.75) is 39.0 Å². The molecular formula is C17H25N3O2S. The third-order valence-electron chi connectivity index (χ3n) is 3.52. The lowest BCUT2D eigenvalue weighted by molar-refractivity contribution is -0.118. The normalized spacial score (nSPS) is 13.9. The fraction of sp³-hybridized carbons (Fsp3) is 0.529. The van der Waals surface area contributed by atoms with Gasteiger partial charge < -0.3 is 14.8 Å². The van der Waals surface area contributed by atoms with E-state index < -0.39 is 0 Å². The molecule has 2 atom stereocenters. The Kier molecular flexibility index (Phi) is 6.47. The molecule has 0 bridgehead atoms. The topological polar surface area (TPSA) is 66.6 Å². The minimum absolute atomic E-state index is 0.0343. The number of fused-ring (bicyclic) bond motifs is 1. The van der Waals surface area contributed by atoms with Crippen molar-refractivity contribution in [2.75, 3.05) is 12.3 Å². The van der Waals surface area contributed by atoms with Crippen molar-refractivity contribution in [1.82, 2.24) is 14.7 Å². The molecule has 126 valence electrons. The standard InChI is InChI=1S/C17H25N3O2S/c1-12-4-5-16-19-15(9-20(16)8-12)10-23-11-17(22)18-7-13(2)6-14(3)21/h4-5,8-9,13-14,21H,6-7,10-11H2,1-3H3,(H,18,22). The maximum atomic E-state index is 11.8. The van der Waals surface area contributed by atoms with E-state index in [0.29, 0.717) is 18.7 Å². The van der Waals surface area contributed by atoms with Crippen molar-refractivity contribution in [3.8, 4) is 0 Å². The van der Waals surface area contributed by atoms with Crippen LogP contribution in [0.2, 0.25) is 0 Å². The Bertz CT molecular complexity index is 654. The second-order valence-electron chi connectivity index (χ2n) is 6.19. The van der Waals surface area contributed by atoms with Gasteiger partial charge >= 0.3 is 0 Å². The van der Waals surface area contributed by atoms with Crippen LogP contribution in [0.5, 0.6) is 0 Å². The maximum Gasteiger partial charge on any atom is 0.230 e. The van der Waals surface area contributed by atoms with Crippen LogP contribution < -0.4 is 5.32 Å². The number of hydrogen-bond donors (Lipinski definition) is 2. The van der Waals surface area contributed by atoms with Crippen LogP contribution in [0.4, 0.5) is 0 Å². The van der Waals surface area contributed by atoms with Gasteiger partial charge in [-0.2, -0.15) is 0 Å². The molecule has 6 heteroatoms. The third kappa shape index (κ3) is 5.88. The summed E-state index contributed by atoms with van der Waals surface area (Å²) < 4.78 is 2.02. The summed E-state index contributed by atoms with van der Waals surface area (Å²) >= 11 is 1.56. The van der Waals surface area contributed by atoms with Crippen LogP contribution in [0.25, 0.3) is 5.65 Å². The highest BCUT2D eigenvalue weighted by molar-refractivity contribution is 7.99. The molecule has 2 aromatic heterocycles. The summed E-state index contributed by atoms with van der Waals surface area (Å²) in [6, 6.07) is 4.04. The van der Waals surface area contributed by atoms with Gasteiger partial charge in [-0.25, -0.2) is 4.98 Å². The van der Waals surface area contributed by atoms with Gasteiger partial charge in [0.25, 0.3) is 0 Å². The number of amides is 1. The monoisotopic (exact) mass is 335 g/mol. The number of carbonyl (C=O) groups excluding carboxylic acids is 1. The number of pyridine rings is 1. The maximum absolute atomic E-state index is 11.8. The molecule has 2 heterocycles. The first-order chi connectivity index (χ1) is 10.9. The van der Waals surface area contributed by atoms with Gasteiger partial charge in [-0.3, -0.25) is 4.79 Å². The van der Waals surface area contributed by atoms with E-state index in [1.807, 2.05) is 35.9 Å². The lowest BCUT2D eigenvalue weighted by Crippen LogP contribution is -2.30. The van der Waals surface area contributed by atoms with Crippen LogP contribution >= 0.6 is 11.8 Å². The Balaban J connectivity index is 1.72. The average Bonchev–Trinajstić information content (AvgIpc) is 2.86. The second kappa shape index (κ2) is 8.36. The van der Waals surface area contributed by atoms with E-state index >= 15 is 0 Å². The van der Waals surface area contributed by atoms with Gasteiger partial charge in [-0.1, -0.05) is 13.0 Å². The lowest BCUT2D eigenvalue weighted by Gasteiger charge is -2.13. The van der Waals surface area contributed by atoms with Gasteiger partial charge in [0, 0.05) is 24.7 Å². The molecule has 0 spiro atoms. The predicted molar refractivity (Wildman–Crippen MR) is 94.6 cm³/mol. The highest BCUT2D eigenvalue weighted by atomic mass is 32.2. The third-order valence-corrected chi connectivity index (χ3v) is 4.49. The lowest BCUT2D eigenvalue weighted by atomic mass is 10.1. The van der Waals surface area contributed by atoms with Gasteiger partial charge in [-0.05, 0) is 37.8 Å². The van der Waals surface area contributed by atoms with Crippen LogP contribution in [-0.4, -0.2) is 38.8 Å². The molecule has 23 heavy (non-hydrogen) atoms. The zero-order valence-electron chi connectivity index (χ0n) is 14.0. The largest absolute Gasteiger partial charge is 0.393 e. The number of nitrogens with one attached hydrogen (secondary N) is 1. The minimum atomic E-state index is -0.324. The Morgan fingerprint density at radius 3 is 2.91 bits per heavy atom. The molecule has 0 aliphatic carbocycles. The van der Waals surface area contributed by atoms with Gasteiger partial charge in [-0.15, -0.1) is 11.8 Å². The summed E-state index contributed by atoms with van der Waals surface area (Å²) in [5.41, 5.74) is 3.11. The van der Waals surface area contributed by atoms with Gasteiger partial charge in [0.1, 0.15) is 5.65 Å². The molecule has 0 fully saturated rings. The number of thioether (sulfide) groups is 1. The van der Waals surface area contributed by atoms with Crippen LogP contribution in [0.1, 0.15) is 31.5 Å². The number of rotatable bonds is 8. The van der Waals surface area contributed by atoms with Gasteiger partial charge in [0.15, 0.2) is 0 Å². The Labute approximate surface area is 141 Å².